The molecule has 0 fully saturated rings. The van der Waals surface area contributed by atoms with Gasteiger partial charge < -0.3 is 0 Å². The second kappa shape index (κ2) is 5.10. The fraction of sp³-hybridized carbons (Fsp3) is 0.583. The number of hydrogen-bond donors (Lipinski definition) is 0. The molecule has 18 heavy (non-hydrogen) atoms. The van der Waals surface area contributed by atoms with Crippen LogP contribution in [-0.4, -0.2) is 14.3 Å². The van der Waals surface area contributed by atoms with Crippen molar-refractivity contribution in [3.8, 4) is 0 Å². The number of halogens is 1. The topological polar surface area (TPSA) is 56.4 Å². The molecule has 0 amide bonds. The highest BCUT2D eigenvalue weighted by Gasteiger charge is 2.23. The second-order valence-electron chi connectivity index (χ2n) is 4.47. The Morgan fingerprint density at radius 3 is 2.72 bits per heavy atom. The first-order valence-electron chi connectivity index (χ1n) is 6.12. The summed E-state index contributed by atoms with van der Waals surface area (Å²) in [4.78, 5) is 28.1. The molecule has 0 aliphatic carbocycles. The Morgan fingerprint density at radius 1 is 1.33 bits per heavy atom. The smallest absolute Gasteiger partial charge is 0.278 e. The maximum atomic E-state index is 12.1. The number of hydrogen-bond acceptors (Lipinski definition) is 3. The van der Waals surface area contributed by atoms with Crippen molar-refractivity contribution >= 4 is 22.6 Å². The lowest BCUT2D eigenvalue weighted by Crippen LogP contribution is -2.39. The summed E-state index contributed by atoms with van der Waals surface area (Å²) < 4.78 is 2.69. The van der Waals surface area contributed by atoms with Gasteiger partial charge in [-0.05, 0) is 6.42 Å². The van der Waals surface area contributed by atoms with Gasteiger partial charge in [0.2, 0.25) is 0 Å². The minimum absolute atomic E-state index is 0.291. The van der Waals surface area contributed by atoms with Gasteiger partial charge in [-0.15, -0.1) is 0 Å². The predicted molar refractivity (Wildman–Crippen MR) is 72.1 cm³/mol. The van der Waals surface area contributed by atoms with E-state index in [1.54, 1.807) is 4.57 Å². The van der Waals surface area contributed by atoms with Gasteiger partial charge >= 0.3 is 5.69 Å². The lowest BCUT2D eigenvalue weighted by molar-refractivity contribution is 0.553. The van der Waals surface area contributed by atoms with E-state index in [1.165, 1.54) is 7.05 Å². The van der Waals surface area contributed by atoms with Crippen molar-refractivity contribution in [1.82, 2.24) is 9.13 Å². The Kier molecular flexibility index (Phi) is 3.71. The Hall–Kier alpha value is -1.36. The first-order chi connectivity index (χ1) is 8.56. The van der Waals surface area contributed by atoms with Crippen LogP contribution in [0.15, 0.2) is 14.6 Å². The van der Waals surface area contributed by atoms with Gasteiger partial charge in [-0.25, -0.2) is 9.79 Å². The molecule has 2 heterocycles. The van der Waals surface area contributed by atoms with Crippen molar-refractivity contribution in [1.29, 1.82) is 0 Å². The molecule has 0 unspecified atom stereocenters. The Morgan fingerprint density at radius 2 is 2.06 bits per heavy atom. The van der Waals surface area contributed by atoms with E-state index >= 15 is 0 Å². The molecule has 1 aromatic heterocycles. The minimum atomic E-state index is -0.315. The summed E-state index contributed by atoms with van der Waals surface area (Å²) in [5.74, 6) is 0.448. The largest absolute Gasteiger partial charge is 0.332 e. The van der Waals surface area contributed by atoms with Crippen LogP contribution in [-0.2, 0) is 20.0 Å². The quantitative estimate of drug-likeness (QED) is 0.779. The van der Waals surface area contributed by atoms with E-state index in [1.807, 2.05) is 0 Å². The number of unbranched alkanes of at least 4 members (excludes halogenated alkanes) is 2. The molecule has 0 N–H and O–H groups in total. The van der Waals surface area contributed by atoms with Gasteiger partial charge in [-0.2, -0.15) is 0 Å². The fourth-order valence-corrected chi connectivity index (χ4v) is 2.34. The maximum Gasteiger partial charge on any atom is 0.332 e. The lowest BCUT2D eigenvalue weighted by atomic mass is 10.2. The molecule has 0 spiro atoms. The number of fused-ring (bicyclic) bond motifs is 1. The highest BCUT2D eigenvalue weighted by Crippen LogP contribution is 2.23. The predicted octanol–water partition coefficient (Wildman–Crippen LogP) is 1.56. The first-order valence-corrected chi connectivity index (χ1v) is 6.49. The normalized spacial score (nSPS) is 13.6. The van der Waals surface area contributed by atoms with Gasteiger partial charge in [0.25, 0.3) is 5.56 Å². The second-order valence-corrected chi connectivity index (χ2v) is 4.91. The van der Waals surface area contributed by atoms with Crippen LogP contribution in [0.4, 0.5) is 5.82 Å². The Balaban J connectivity index is 2.51. The number of aliphatic imine (C=N–C) groups is 1. The van der Waals surface area contributed by atoms with Crippen molar-refractivity contribution in [3.63, 3.8) is 0 Å². The molecule has 0 bridgehead atoms. The molecule has 0 saturated heterocycles. The third-order valence-corrected chi connectivity index (χ3v) is 3.36. The van der Waals surface area contributed by atoms with E-state index < -0.39 is 0 Å². The van der Waals surface area contributed by atoms with Gasteiger partial charge in [0, 0.05) is 20.0 Å². The number of rotatable bonds is 4. The minimum Gasteiger partial charge on any atom is -0.278 e. The van der Waals surface area contributed by atoms with Gasteiger partial charge in [-0.1, -0.05) is 31.4 Å². The molecule has 5 nitrogen and oxygen atoms in total. The number of aromatic nitrogens is 2. The zero-order valence-corrected chi connectivity index (χ0v) is 11.3. The van der Waals surface area contributed by atoms with Crippen LogP contribution < -0.4 is 11.2 Å². The zero-order chi connectivity index (χ0) is 13.3. The molecule has 6 heteroatoms. The summed E-state index contributed by atoms with van der Waals surface area (Å²) in [6.45, 7) is 2.68. The molecule has 0 radical (unpaired) electrons. The summed E-state index contributed by atoms with van der Waals surface area (Å²) in [5.41, 5.74) is -0.0790. The van der Waals surface area contributed by atoms with Crippen molar-refractivity contribution in [3.05, 3.63) is 26.4 Å². The zero-order valence-electron chi connectivity index (χ0n) is 10.6. The summed E-state index contributed by atoms with van der Waals surface area (Å²) >= 11 is 5.87. The Labute approximate surface area is 110 Å². The van der Waals surface area contributed by atoms with Crippen molar-refractivity contribution in [2.75, 3.05) is 0 Å². The molecule has 0 atom stereocenters. The molecule has 0 saturated carbocycles. The summed E-state index contributed by atoms with van der Waals surface area (Å²) in [5, 5.41) is 0.372. The molecule has 98 valence electrons. The molecule has 1 aliphatic rings. The van der Waals surface area contributed by atoms with Crippen LogP contribution in [0.5, 0.6) is 0 Å². The summed E-state index contributed by atoms with van der Waals surface area (Å²) in [6, 6.07) is 0. The van der Waals surface area contributed by atoms with Crippen LogP contribution in [0.25, 0.3) is 0 Å². The van der Waals surface area contributed by atoms with E-state index in [2.05, 4.69) is 11.9 Å². The summed E-state index contributed by atoms with van der Waals surface area (Å²) in [6.07, 6.45) is 3.35. The highest BCUT2D eigenvalue weighted by atomic mass is 35.5. The van der Waals surface area contributed by atoms with Gasteiger partial charge in [0.05, 0.1) is 5.56 Å². The van der Waals surface area contributed by atoms with Crippen molar-refractivity contribution in [2.24, 2.45) is 12.0 Å². The SMILES string of the molecule is CCCCCn1c2c(c(=O)n(C)c1=O)CC(Cl)=N2. The van der Waals surface area contributed by atoms with E-state index in [0.29, 0.717) is 29.5 Å². The molecule has 1 aliphatic heterocycles. The molecule has 0 aromatic carbocycles. The van der Waals surface area contributed by atoms with Crippen molar-refractivity contribution in [2.45, 2.75) is 39.2 Å². The summed E-state index contributed by atoms with van der Waals surface area (Å²) in [7, 11) is 1.49. The van der Waals surface area contributed by atoms with E-state index in [4.69, 9.17) is 11.6 Å². The lowest BCUT2D eigenvalue weighted by Gasteiger charge is -2.11. The Bertz CT molecular complexity index is 613. The van der Waals surface area contributed by atoms with E-state index in [9.17, 15) is 9.59 Å². The van der Waals surface area contributed by atoms with Crippen LogP contribution in [0, 0.1) is 0 Å². The van der Waals surface area contributed by atoms with Crippen LogP contribution in [0.2, 0.25) is 0 Å². The maximum absolute atomic E-state index is 12.1. The average molecular weight is 270 g/mol. The van der Waals surface area contributed by atoms with E-state index in [0.717, 1.165) is 23.8 Å². The molecule has 2 rings (SSSR count). The molecule has 1 aromatic rings. The molecular formula is C12H16ClN3O2. The molecular weight excluding hydrogens is 254 g/mol. The fourth-order valence-electron chi connectivity index (χ4n) is 2.12. The number of nitrogens with zero attached hydrogens (tertiary/aromatic N) is 3. The third kappa shape index (κ3) is 2.14. The van der Waals surface area contributed by atoms with Crippen molar-refractivity contribution < 1.29 is 0 Å². The highest BCUT2D eigenvalue weighted by molar-refractivity contribution is 6.66. The first kappa shape index (κ1) is 13.1. The van der Waals surface area contributed by atoms with Gasteiger partial charge in [0.1, 0.15) is 11.0 Å². The van der Waals surface area contributed by atoms with Gasteiger partial charge in [-0.3, -0.25) is 13.9 Å². The monoisotopic (exact) mass is 269 g/mol. The standard InChI is InChI=1S/C12H16ClN3O2/c1-3-4-5-6-16-10-8(7-9(13)14-10)11(17)15(2)12(16)18/h3-7H2,1-2H3. The average Bonchev–Trinajstić information content (AvgIpc) is 2.73. The third-order valence-electron chi connectivity index (χ3n) is 3.14. The van der Waals surface area contributed by atoms with E-state index in [-0.39, 0.29) is 11.2 Å². The van der Waals surface area contributed by atoms with Crippen LogP contribution in [0.3, 0.4) is 0 Å². The van der Waals surface area contributed by atoms with Crippen LogP contribution in [0.1, 0.15) is 31.7 Å². The van der Waals surface area contributed by atoms with Crippen LogP contribution >= 0.6 is 11.6 Å². The van der Waals surface area contributed by atoms with Gasteiger partial charge in [0.15, 0.2) is 0 Å².